The molecule has 1 saturated heterocycles. The zero-order valence-corrected chi connectivity index (χ0v) is 20.3. The molecule has 0 bridgehead atoms. The van der Waals surface area contributed by atoms with Gasteiger partial charge >= 0.3 is 0 Å². The number of nitrogens with zero attached hydrogens (tertiary/aromatic N) is 3. The van der Waals surface area contributed by atoms with Gasteiger partial charge in [-0.25, -0.2) is 0 Å². The summed E-state index contributed by atoms with van der Waals surface area (Å²) in [6, 6.07) is 2.17. The van der Waals surface area contributed by atoms with Crippen molar-refractivity contribution in [1.82, 2.24) is 20.4 Å². The van der Waals surface area contributed by atoms with Crippen LogP contribution in [0.5, 0.6) is 0 Å². The summed E-state index contributed by atoms with van der Waals surface area (Å²) in [6.07, 6.45) is 0. The first-order valence-electron chi connectivity index (χ1n) is 9.67. The second-order valence-electron chi connectivity index (χ2n) is 6.76. The van der Waals surface area contributed by atoms with Gasteiger partial charge < -0.3 is 20.3 Å². The van der Waals surface area contributed by atoms with Gasteiger partial charge in [0, 0.05) is 58.8 Å². The third-order valence-corrected chi connectivity index (χ3v) is 5.33. The number of carbonyl (C=O) groups is 1. The van der Waals surface area contributed by atoms with Crippen LogP contribution in [0.25, 0.3) is 0 Å². The molecule has 0 aromatic carbocycles. The molecule has 1 amide bonds. The minimum absolute atomic E-state index is 0. The number of ether oxygens (including phenoxy) is 1. The zero-order valence-electron chi connectivity index (χ0n) is 17.1. The Labute approximate surface area is 189 Å². The van der Waals surface area contributed by atoms with E-state index in [-0.39, 0.29) is 29.9 Å². The minimum Gasteiger partial charge on any atom is -0.383 e. The summed E-state index contributed by atoms with van der Waals surface area (Å²) in [6.45, 7) is 11.0. The van der Waals surface area contributed by atoms with Crippen molar-refractivity contribution in [2.24, 2.45) is 4.99 Å². The molecule has 2 heterocycles. The van der Waals surface area contributed by atoms with Crippen LogP contribution < -0.4 is 10.6 Å². The van der Waals surface area contributed by atoms with Crippen molar-refractivity contribution in [3.63, 3.8) is 0 Å². The predicted octanol–water partition coefficient (Wildman–Crippen LogP) is 1.82. The molecule has 1 aromatic heterocycles. The summed E-state index contributed by atoms with van der Waals surface area (Å²) in [5.41, 5.74) is 1.35. The summed E-state index contributed by atoms with van der Waals surface area (Å²) < 4.78 is 4.95. The van der Waals surface area contributed by atoms with Crippen molar-refractivity contribution < 1.29 is 9.53 Å². The molecule has 1 unspecified atom stereocenters. The number of guanidine groups is 1. The molecule has 9 heteroatoms. The molecular weight excluding hydrogens is 489 g/mol. The van der Waals surface area contributed by atoms with Gasteiger partial charge in [-0.2, -0.15) is 11.3 Å². The van der Waals surface area contributed by atoms with E-state index in [4.69, 9.17) is 9.73 Å². The Kier molecular flexibility index (Phi) is 12.7. The van der Waals surface area contributed by atoms with Crippen LogP contribution in [0.15, 0.2) is 21.8 Å². The highest BCUT2D eigenvalue weighted by atomic mass is 127. The second kappa shape index (κ2) is 14.1. The van der Waals surface area contributed by atoms with Gasteiger partial charge in [0.05, 0.1) is 13.2 Å². The number of rotatable bonds is 9. The summed E-state index contributed by atoms with van der Waals surface area (Å²) in [5.74, 6) is 1.46. The molecule has 1 aromatic rings. The molecule has 0 spiro atoms. The van der Waals surface area contributed by atoms with Crippen molar-refractivity contribution in [2.75, 3.05) is 66.1 Å². The third-order valence-electron chi connectivity index (χ3n) is 4.63. The average molecular weight is 523 g/mol. The molecule has 28 heavy (non-hydrogen) atoms. The van der Waals surface area contributed by atoms with E-state index in [1.165, 1.54) is 5.56 Å². The first kappa shape index (κ1) is 25.1. The minimum atomic E-state index is 0. The van der Waals surface area contributed by atoms with Crippen molar-refractivity contribution in [2.45, 2.75) is 19.8 Å². The van der Waals surface area contributed by atoms with Crippen LogP contribution in [0.3, 0.4) is 0 Å². The highest BCUT2D eigenvalue weighted by molar-refractivity contribution is 14.0. The number of hydrogen-bond donors (Lipinski definition) is 2. The molecule has 2 N–H and O–H groups in total. The largest absolute Gasteiger partial charge is 0.383 e. The van der Waals surface area contributed by atoms with Crippen LogP contribution in [-0.2, 0) is 9.53 Å². The monoisotopic (exact) mass is 523 g/mol. The first-order valence-corrected chi connectivity index (χ1v) is 10.6. The average Bonchev–Trinajstić information content (AvgIpc) is 3.21. The van der Waals surface area contributed by atoms with Crippen LogP contribution in [0.2, 0.25) is 0 Å². The lowest BCUT2D eigenvalue weighted by Crippen LogP contribution is -2.54. The number of hydrogen-bond acceptors (Lipinski definition) is 5. The molecule has 1 aliphatic heterocycles. The predicted molar refractivity (Wildman–Crippen MR) is 127 cm³/mol. The van der Waals surface area contributed by atoms with E-state index in [1.807, 2.05) is 0 Å². The number of carbonyl (C=O) groups excluding carboxylic acids is 1. The van der Waals surface area contributed by atoms with Crippen LogP contribution in [0.1, 0.15) is 25.3 Å². The highest BCUT2D eigenvalue weighted by Crippen LogP contribution is 2.18. The van der Waals surface area contributed by atoms with Gasteiger partial charge in [-0.15, -0.1) is 24.0 Å². The van der Waals surface area contributed by atoms with Crippen molar-refractivity contribution in [3.05, 3.63) is 22.4 Å². The van der Waals surface area contributed by atoms with Gasteiger partial charge in [-0.05, 0) is 29.3 Å². The van der Waals surface area contributed by atoms with Crippen LogP contribution in [0.4, 0.5) is 0 Å². The van der Waals surface area contributed by atoms with Crippen molar-refractivity contribution >= 4 is 47.2 Å². The Bertz CT molecular complexity index is 577. The van der Waals surface area contributed by atoms with E-state index in [0.29, 0.717) is 25.6 Å². The summed E-state index contributed by atoms with van der Waals surface area (Å²) in [5, 5.41) is 10.6. The second-order valence-corrected chi connectivity index (χ2v) is 7.54. The number of methoxy groups -OCH3 is 1. The number of aliphatic imine (C=N–C) groups is 1. The molecule has 1 fully saturated rings. The molecular formula is C19H34IN5O2S. The molecule has 1 aliphatic rings. The van der Waals surface area contributed by atoms with Gasteiger partial charge in [0.15, 0.2) is 5.96 Å². The first-order chi connectivity index (χ1) is 13.1. The fourth-order valence-corrected chi connectivity index (χ4v) is 3.76. The van der Waals surface area contributed by atoms with Crippen LogP contribution in [-0.4, -0.2) is 87.7 Å². The zero-order chi connectivity index (χ0) is 19.5. The smallest absolute Gasteiger partial charge is 0.234 e. The maximum absolute atomic E-state index is 11.9. The Morgan fingerprint density at radius 1 is 1.32 bits per heavy atom. The normalized spacial score (nSPS) is 16.4. The van der Waals surface area contributed by atoms with E-state index in [1.54, 1.807) is 18.4 Å². The van der Waals surface area contributed by atoms with E-state index >= 15 is 0 Å². The molecule has 1 atom stereocenters. The highest BCUT2D eigenvalue weighted by Gasteiger charge is 2.21. The fourth-order valence-electron chi connectivity index (χ4n) is 2.98. The lowest BCUT2D eigenvalue weighted by molar-refractivity contribution is -0.122. The van der Waals surface area contributed by atoms with Gasteiger partial charge in [-0.1, -0.05) is 6.92 Å². The van der Waals surface area contributed by atoms with Crippen molar-refractivity contribution in [1.29, 1.82) is 0 Å². The number of halogens is 1. The fraction of sp³-hybridized carbons (Fsp3) is 0.684. The molecule has 0 radical (unpaired) electrons. The van der Waals surface area contributed by atoms with Gasteiger partial charge in [-0.3, -0.25) is 14.7 Å². The number of amides is 1. The summed E-state index contributed by atoms with van der Waals surface area (Å²) >= 11 is 1.73. The van der Waals surface area contributed by atoms with Crippen LogP contribution in [0, 0.1) is 0 Å². The number of piperazine rings is 1. The summed E-state index contributed by atoms with van der Waals surface area (Å²) in [4.78, 5) is 21.3. The molecule has 2 rings (SSSR count). The maximum atomic E-state index is 11.9. The van der Waals surface area contributed by atoms with E-state index in [2.05, 4.69) is 51.1 Å². The van der Waals surface area contributed by atoms with Gasteiger partial charge in [0.1, 0.15) is 0 Å². The topological polar surface area (TPSA) is 69.2 Å². The van der Waals surface area contributed by atoms with E-state index in [0.717, 1.165) is 45.2 Å². The Balaban J connectivity index is 0.00000392. The standard InChI is InChI=1S/C19H33N5O2S.HI/c1-4-20-19(22-13-16(2)17-5-12-27-15-17)24-9-7-23(8-10-24)14-18(25)21-6-11-26-3;/h5,12,15-16H,4,6-11,13-14H2,1-3H3,(H,20,22)(H,21,25);1H. The Morgan fingerprint density at radius 2 is 2.07 bits per heavy atom. The van der Waals surface area contributed by atoms with Gasteiger partial charge in [0.25, 0.3) is 0 Å². The van der Waals surface area contributed by atoms with Crippen LogP contribution >= 0.6 is 35.3 Å². The lowest BCUT2D eigenvalue weighted by atomic mass is 10.1. The SMILES string of the molecule is CCNC(=NCC(C)c1ccsc1)N1CCN(CC(=O)NCCOC)CC1.I. The Hall–Kier alpha value is -0.910. The molecule has 0 saturated carbocycles. The molecule has 160 valence electrons. The van der Waals surface area contributed by atoms with Gasteiger partial charge in [0.2, 0.25) is 5.91 Å². The quantitative estimate of drug-likeness (QED) is 0.224. The Morgan fingerprint density at radius 3 is 2.68 bits per heavy atom. The van der Waals surface area contributed by atoms with E-state index in [9.17, 15) is 4.79 Å². The summed E-state index contributed by atoms with van der Waals surface area (Å²) in [7, 11) is 1.63. The lowest BCUT2D eigenvalue weighted by Gasteiger charge is -2.36. The number of thiophene rings is 1. The molecule has 0 aliphatic carbocycles. The van der Waals surface area contributed by atoms with Crippen molar-refractivity contribution in [3.8, 4) is 0 Å². The maximum Gasteiger partial charge on any atom is 0.234 e. The van der Waals surface area contributed by atoms with E-state index < -0.39 is 0 Å². The number of nitrogens with one attached hydrogen (secondary N) is 2. The third kappa shape index (κ3) is 8.62. The molecule has 7 nitrogen and oxygen atoms in total.